The first-order valence-corrected chi connectivity index (χ1v) is 7.15. The van der Waals surface area contributed by atoms with Crippen molar-refractivity contribution >= 4 is 28.9 Å². The van der Waals surface area contributed by atoms with E-state index in [1.54, 1.807) is 0 Å². The highest BCUT2D eigenvalue weighted by molar-refractivity contribution is 6.31. The summed E-state index contributed by atoms with van der Waals surface area (Å²) in [5, 5.41) is 12.5. The third-order valence-corrected chi connectivity index (χ3v) is 3.63. The number of nitro benzene ring substituents is 1. The number of halogens is 4. The number of nitrogens with one attached hydrogen (secondary N) is 1. The van der Waals surface area contributed by atoms with Crippen LogP contribution >= 0.6 is 11.6 Å². The van der Waals surface area contributed by atoms with Gasteiger partial charge < -0.3 is 11.1 Å². The molecule has 0 heterocycles. The van der Waals surface area contributed by atoms with Crippen molar-refractivity contribution in [3.63, 3.8) is 0 Å². The largest absolute Gasteiger partial charge is 0.417 e. The Kier molecular flexibility index (Phi) is 5.17. The monoisotopic (exact) mass is 373 g/mol. The quantitative estimate of drug-likeness (QED) is 0.484. The maximum absolute atomic E-state index is 12.6. The Labute approximate surface area is 144 Å². The van der Waals surface area contributed by atoms with Gasteiger partial charge in [-0.15, -0.1) is 0 Å². The first-order valence-electron chi connectivity index (χ1n) is 6.77. The minimum atomic E-state index is -4.61. The molecule has 0 aliphatic carbocycles. The number of carbonyl (C=O) groups is 1. The number of nitrogen functional groups attached to an aromatic ring is 1. The Morgan fingerprint density at radius 3 is 2.44 bits per heavy atom. The second-order valence-electron chi connectivity index (χ2n) is 5.02. The summed E-state index contributed by atoms with van der Waals surface area (Å²) in [5.41, 5.74) is 4.93. The third kappa shape index (κ3) is 4.38. The van der Waals surface area contributed by atoms with E-state index in [1.165, 1.54) is 12.1 Å². The number of rotatable bonds is 4. The van der Waals surface area contributed by atoms with Crippen molar-refractivity contribution in [2.45, 2.75) is 12.7 Å². The van der Waals surface area contributed by atoms with Gasteiger partial charge in [-0.1, -0.05) is 11.6 Å². The maximum atomic E-state index is 12.6. The summed E-state index contributed by atoms with van der Waals surface area (Å²) in [7, 11) is 0. The first kappa shape index (κ1) is 18.5. The van der Waals surface area contributed by atoms with E-state index in [0.29, 0.717) is 5.56 Å². The maximum Gasteiger partial charge on any atom is 0.417 e. The van der Waals surface area contributed by atoms with Crippen LogP contribution < -0.4 is 11.1 Å². The van der Waals surface area contributed by atoms with Crippen molar-refractivity contribution in [2.24, 2.45) is 0 Å². The molecule has 2 aromatic carbocycles. The van der Waals surface area contributed by atoms with Crippen LogP contribution in [-0.4, -0.2) is 10.8 Å². The molecule has 0 aliphatic rings. The van der Waals surface area contributed by atoms with Crippen LogP contribution in [0.15, 0.2) is 36.4 Å². The predicted molar refractivity (Wildman–Crippen MR) is 85.1 cm³/mol. The Morgan fingerprint density at radius 1 is 1.24 bits per heavy atom. The zero-order valence-electron chi connectivity index (χ0n) is 12.4. The molecule has 3 N–H and O–H groups in total. The molecule has 2 rings (SSSR count). The van der Waals surface area contributed by atoms with Gasteiger partial charge in [0.15, 0.2) is 0 Å². The van der Waals surface area contributed by atoms with Crippen molar-refractivity contribution in [3.05, 3.63) is 68.2 Å². The SMILES string of the molecule is Nc1cc([N+](=O)[O-])ccc1CNC(=O)c1ccc(C(F)(F)F)c(Cl)c1. The lowest BCUT2D eigenvalue weighted by Crippen LogP contribution is -2.23. The molecule has 0 saturated heterocycles. The van der Waals surface area contributed by atoms with Gasteiger partial charge in [0.05, 0.1) is 15.5 Å². The number of benzene rings is 2. The molecule has 0 atom stereocenters. The van der Waals surface area contributed by atoms with Crippen LogP contribution in [0.3, 0.4) is 0 Å². The predicted octanol–water partition coefficient (Wildman–Crippen LogP) is 3.78. The summed E-state index contributed by atoms with van der Waals surface area (Å²) >= 11 is 5.56. The fraction of sp³-hybridized carbons (Fsp3) is 0.133. The molecule has 2 aromatic rings. The molecule has 0 aliphatic heterocycles. The fourth-order valence-electron chi connectivity index (χ4n) is 2.02. The van der Waals surface area contributed by atoms with E-state index in [-0.39, 0.29) is 23.5 Å². The summed E-state index contributed by atoms with van der Waals surface area (Å²) < 4.78 is 37.9. The summed E-state index contributed by atoms with van der Waals surface area (Å²) in [6.07, 6.45) is -4.61. The molecule has 0 unspecified atom stereocenters. The first-order chi connectivity index (χ1) is 11.6. The molecule has 0 fully saturated rings. The van der Waals surface area contributed by atoms with Crippen LogP contribution in [-0.2, 0) is 12.7 Å². The normalized spacial score (nSPS) is 11.2. The second-order valence-corrected chi connectivity index (χ2v) is 5.42. The van der Waals surface area contributed by atoms with E-state index in [9.17, 15) is 28.1 Å². The van der Waals surface area contributed by atoms with Gasteiger partial charge in [0.25, 0.3) is 11.6 Å². The lowest BCUT2D eigenvalue weighted by Gasteiger charge is -2.11. The van der Waals surface area contributed by atoms with E-state index >= 15 is 0 Å². The van der Waals surface area contributed by atoms with Crippen molar-refractivity contribution in [3.8, 4) is 0 Å². The number of anilines is 1. The highest BCUT2D eigenvalue weighted by atomic mass is 35.5. The van der Waals surface area contributed by atoms with Crippen LogP contribution in [0, 0.1) is 10.1 Å². The molecule has 1 amide bonds. The molecule has 132 valence electrons. The van der Waals surface area contributed by atoms with Crippen molar-refractivity contribution in [1.82, 2.24) is 5.32 Å². The van der Waals surface area contributed by atoms with E-state index < -0.39 is 27.6 Å². The van der Waals surface area contributed by atoms with Crippen molar-refractivity contribution in [2.75, 3.05) is 5.73 Å². The highest BCUT2D eigenvalue weighted by Crippen LogP contribution is 2.34. The molecule has 25 heavy (non-hydrogen) atoms. The number of amides is 1. The van der Waals surface area contributed by atoms with Crippen LogP contribution in [0.4, 0.5) is 24.5 Å². The molecule has 0 saturated carbocycles. The van der Waals surface area contributed by atoms with Crippen LogP contribution in [0.2, 0.25) is 5.02 Å². The molecule has 0 spiro atoms. The Morgan fingerprint density at radius 2 is 1.92 bits per heavy atom. The number of nitrogens with zero attached hydrogens (tertiary/aromatic N) is 1. The lowest BCUT2D eigenvalue weighted by molar-refractivity contribution is -0.384. The molecule has 10 heteroatoms. The Hall–Kier alpha value is -2.81. The van der Waals surface area contributed by atoms with Gasteiger partial charge in [0.1, 0.15) is 0 Å². The van der Waals surface area contributed by atoms with Gasteiger partial charge in [0.2, 0.25) is 0 Å². The van der Waals surface area contributed by atoms with Crippen molar-refractivity contribution in [1.29, 1.82) is 0 Å². The fourth-order valence-corrected chi connectivity index (χ4v) is 2.31. The zero-order valence-corrected chi connectivity index (χ0v) is 13.2. The standard InChI is InChI=1S/C15H11ClF3N3O3/c16-12-5-8(2-4-11(12)15(17,18)19)14(23)21-7-9-1-3-10(22(24)25)6-13(9)20/h1-6H,7,20H2,(H,21,23). The molecular weight excluding hydrogens is 363 g/mol. The molecule has 0 radical (unpaired) electrons. The summed E-state index contributed by atoms with van der Waals surface area (Å²) in [5.74, 6) is -0.659. The number of non-ortho nitro benzene ring substituents is 1. The second kappa shape index (κ2) is 6.98. The van der Waals surface area contributed by atoms with E-state index in [2.05, 4.69) is 5.32 Å². The number of hydrogen-bond donors (Lipinski definition) is 2. The Balaban J connectivity index is 2.11. The summed E-state index contributed by atoms with van der Waals surface area (Å²) in [6, 6.07) is 6.40. The van der Waals surface area contributed by atoms with Gasteiger partial charge in [-0.2, -0.15) is 13.2 Å². The van der Waals surface area contributed by atoms with Gasteiger partial charge >= 0.3 is 6.18 Å². The van der Waals surface area contributed by atoms with Gasteiger partial charge in [0, 0.05) is 29.9 Å². The Bertz CT molecular complexity index is 841. The topological polar surface area (TPSA) is 98.3 Å². The van der Waals surface area contributed by atoms with Gasteiger partial charge in [-0.25, -0.2) is 0 Å². The lowest BCUT2D eigenvalue weighted by atomic mass is 10.1. The highest BCUT2D eigenvalue weighted by Gasteiger charge is 2.33. The number of alkyl halides is 3. The van der Waals surface area contributed by atoms with E-state index in [4.69, 9.17) is 17.3 Å². The minimum absolute atomic E-state index is 0.0543. The smallest absolute Gasteiger partial charge is 0.398 e. The summed E-state index contributed by atoms with van der Waals surface area (Å²) in [6.45, 7) is -0.0543. The zero-order chi connectivity index (χ0) is 18.8. The van der Waals surface area contributed by atoms with Gasteiger partial charge in [-0.05, 0) is 29.8 Å². The van der Waals surface area contributed by atoms with Crippen molar-refractivity contribution < 1.29 is 22.9 Å². The number of hydrogen-bond acceptors (Lipinski definition) is 4. The molecular formula is C15H11ClF3N3O3. The average molecular weight is 374 g/mol. The van der Waals surface area contributed by atoms with E-state index in [0.717, 1.165) is 24.3 Å². The molecule has 0 bridgehead atoms. The van der Waals surface area contributed by atoms with Gasteiger partial charge in [-0.3, -0.25) is 14.9 Å². The van der Waals surface area contributed by atoms with Crippen LogP contribution in [0.5, 0.6) is 0 Å². The third-order valence-electron chi connectivity index (χ3n) is 3.32. The number of nitro groups is 1. The van der Waals surface area contributed by atoms with E-state index in [1.807, 2.05) is 0 Å². The van der Waals surface area contributed by atoms with Crippen LogP contribution in [0.1, 0.15) is 21.5 Å². The van der Waals surface area contributed by atoms with Crippen LogP contribution in [0.25, 0.3) is 0 Å². The summed E-state index contributed by atoms with van der Waals surface area (Å²) in [4.78, 5) is 22.0. The average Bonchev–Trinajstić information content (AvgIpc) is 2.51. The number of nitrogens with two attached hydrogens (primary N) is 1. The molecule has 0 aromatic heterocycles. The molecule has 6 nitrogen and oxygen atoms in total. The minimum Gasteiger partial charge on any atom is -0.398 e. The number of carbonyl (C=O) groups excluding carboxylic acids is 1.